The standard InChI is InChI=1S/C13H9N5OS/c1-8-9-3-2-5-14-11(9)18(17-8)19-12-10-4-6-20-13(10)16-7-15-12/h2-7H,1H3. The van der Waals surface area contributed by atoms with Gasteiger partial charge in [-0.25, -0.2) is 9.97 Å². The van der Waals surface area contributed by atoms with Crippen LogP contribution in [0.15, 0.2) is 36.1 Å². The predicted molar refractivity (Wildman–Crippen MR) is 75.7 cm³/mol. The van der Waals surface area contributed by atoms with Gasteiger partial charge in [-0.3, -0.25) is 0 Å². The van der Waals surface area contributed by atoms with Gasteiger partial charge in [-0.15, -0.1) is 16.4 Å². The molecule has 98 valence electrons. The molecule has 0 atom stereocenters. The van der Waals surface area contributed by atoms with Crippen molar-refractivity contribution in [1.82, 2.24) is 24.9 Å². The van der Waals surface area contributed by atoms with Crippen LogP contribution < -0.4 is 4.84 Å². The number of hydrogen-bond donors (Lipinski definition) is 0. The molecule has 6 nitrogen and oxygen atoms in total. The third-order valence-electron chi connectivity index (χ3n) is 3.00. The molecule has 0 amide bonds. The van der Waals surface area contributed by atoms with E-state index < -0.39 is 0 Å². The third-order valence-corrected chi connectivity index (χ3v) is 3.82. The molecule has 0 radical (unpaired) electrons. The smallest absolute Gasteiger partial charge is 0.260 e. The third kappa shape index (κ3) is 1.64. The molecule has 0 aliphatic heterocycles. The number of thiophene rings is 1. The summed E-state index contributed by atoms with van der Waals surface area (Å²) in [6.45, 7) is 1.92. The van der Waals surface area contributed by atoms with Crippen LogP contribution in [0.5, 0.6) is 5.88 Å². The normalized spacial score (nSPS) is 11.2. The highest BCUT2D eigenvalue weighted by molar-refractivity contribution is 7.16. The van der Waals surface area contributed by atoms with Gasteiger partial charge in [0.15, 0.2) is 5.65 Å². The summed E-state index contributed by atoms with van der Waals surface area (Å²) in [5.41, 5.74) is 1.54. The molecule has 0 saturated heterocycles. The Bertz CT molecular complexity index is 913. The van der Waals surface area contributed by atoms with Crippen molar-refractivity contribution in [1.29, 1.82) is 0 Å². The molecule has 0 spiro atoms. The molecular weight excluding hydrogens is 274 g/mol. The Morgan fingerprint density at radius 3 is 3.05 bits per heavy atom. The molecular formula is C13H9N5OS. The van der Waals surface area contributed by atoms with Crippen molar-refractivity contribution in [2.75, 3.05) is 0 Å². The largest absolute Gasteiger partial charge is 0.335 e. The van der Waals surface area contributed by atoms with Crippen LogP contribution in [-0.2, 0) is 0 Å². The maximum Gasteiger partial charge on any atom is 0.260 e. The second-order valence-electron chi connectivity index (χ2n) is 4.24. The van der Waals surface area contributed by atoms with Crippen molar-refractivity contribution in [2.24, 2.45) is 0 Å². The summed E-state index contributed by atoms with van der Waals surface area (Å²) in [5.74, 6) is 0.478. The highest BCUT2D eigenvalue weighted by atomic mass is 32.1. The van der Waals surface area contributed by atoms with Crippen molar-refractivity contribution in [2.45, 2.75) is 6.92 Å². The van der Waals surface area contributed by atoms with E-state index >= 15 is 0 Å². The second-order valence-corrected chi connectivity index (χ2v) is 5.14. The Morgan fingerprint density at radius 2 is 2.10 bits per heavy atom. The topological polar surface area (TPSA) is 65.7 Å². The first-order valence-electron chi connectivity index (χ1n) is 6.00. The van der Waals surface area contributed by atoms with E-state index in [9.17, 15) is 0 Å². The first-order chi connectivity index (χ1) is 9.83. The van der Waals surface area contributed by atoms with Crippen LogP contribution in [0.25, 0.3) is 21.3 Å². The van der Waals surface area contributed by atoms with E-state index in [1.165, 1.54) is 11.2 Å². The minimum Gasteiger partial charge on any atom is -0.335 e. The number of nitrogens with zero attached hydrogens (tertiary/aromatic N) is 5. The maximum atomic E-state index is 5.78. The number of rotatable bonds is 2. The molecule has 0 aliphatic rings. The molecule has 0 aromatic carbocycles. The predicted octanol–water partition coefficient (Wildman–Crippen LogP) is 2.59. The maximum absolute atomic E-state index is 5.78. The summed E-state index contributed by atoms with van der Waals surface area (Å²) in [6, 6.07) is 5.77. The van der Waals surface area contributed by atoms with Crippen LogP contribution in [0.1, 0.15) is 5.69 Å². The van der Waals surface area contributed by atoms with Gasteiger partial charge in [0, 0.05) is 11.6 Å². The van der Waals surface area contributed by atoms with Crippen LogP contribution in [0.4, 0.5) is 0 Å². The van der Waals surface area contributed by atoms with E-state index in [4.69, 9.17) is 4.84 Å². The van der Waals surface area contributed by atoms with Crippen molar-refractivity contribution in [3.63, 3.8) is 0 Å². The van der Waals surface area contributed by atoms with Crippen molar-refractivity contribution >= 4 is 32.6 Å². The lowest BCUT2D eigenvalue weighted by molar-refractivity contribution is 0.182. The minimum absolute atomic E-state index is 0.478. The Labute approximate surface area is 117 Å². The molecule has 4 aromatic heterocycles. The average molecular weight is 283 g/mol. The summed E-state index contributed by atoms with van der Waals surface area (Å²) in [5, 5.41) is 8.14. The van der Waals surface area contributed by atoms with Gasteiger partial charge >= 0.3 is 0 Å². The van der Waals surface area contributed by atoms with Crippen molar-refractivity contribution < 1.29 is 4.84 Å². The fourth-order valence-corrected chi connectivity index (χ4v) is 2.78. The van der Waals surface area contributed by atoms with Gasteiger partial charge in [-0.05, 0) is 30.5 Å². The summed E-state index contributed by atoms with van der Waals surface area (Å²) in [6.07, 6.45) is 3.20. The van der Waals surface area contributed by atoms with E-state index in [0.29, 0.717) is 11.5 Å². The average Bonchev–Trinajstić information content (AvgIpc) is 3.06. The molecule has 0 saturated carbocycles. The highest BCUT2D eigenvalue weighted by Gasteiger charge is 2.12. The molecule has 4 aromatic rings. The summed E-state index contributed by atoms with van der Waals surface area (Å²) < 4.78 is 0. The number of hydrogen-bond acceptors (Lipinski definition) is 6. The molecule has 0 bridgehead atoms. The number of aryl methyl sites for hydroxylation is 1. The molecule has 0 fully saturated rings. The lowest BCUT2D eigenvalue weighted by Gasteiger charge is -2.04. The zero-order chi connectivity index (χ0) is 13.5. The van der Waals surface area contributed by atoms with E-state index in [0.717, 1.165) is 21.3 Å². The van der Waals surface area contributed by atoms with E-state index in [1.807, 2.05) is 30.5 Å². The van der Waals surface area contributed by atoms with Crippen LogP contribution in [0, 0.1) is 6.92 Å². The first-order valence-corrected chi connectivity index (χ1v) is 6.88. The van der Waals surface area contributed by atoms with Gasteiger partial charge in [0.1, 0.15) is 11.2 Å². The van der Waals surface area contributed by atoms with Crippen LogP contribution >= 0.6 is 11.3 Å². The zero-order valence-corrected chi connectivity index (χ0v) is 11.3. The fraction of sp³-hybridized carbons (Fsp3) is 0.0769. The molecule has 0 aliphatic carbocycles. The Hall–Kier alpha value is -2.54. The van der Waals surface area contributed by atoms with Crippen LogP contribution in [-0.4, -0.2) is 24.9 Å². The van der Waals surface area contributed by atoms with Crippen molar-refractivity contribution in [3.05, 3.63) is 41.8 Å². The highest BCUT2D eigenvalue weighted by Crippen LogP contribution is 2.26. The van der Waals surface area contributed by atoms with E-state index in [1.54, 1.807) is 17.5 Å². The van der Waals surface area contributed by atoms with Gasteiger partial charge in [0.05, 0.1) is 11.1 Å². The second kappa shape index (κ2) is 4.24. The summed E-state index contributed by atoms with van der Waals surface area (Å²) >= 11 is 1.54. The van der Waals surface area contributed by atoms with E-state index in [2.05, 4.69) is 20.1 Å². The Balaban J connectivity index is 1.87. The first kappa shape index (κ1) is 11.3. The van der Waals surface area contributed by atoms with Gasteiger partial charge in [0.2, 0.25) is 0 Å². The van der Waals surface area contributed by atoms with Gasteiger partial charge < -0.3 is 4.84 Å². The Kier molecular flexibility index (Phi) is 2.40. The van der Waals surface area contributed by atoms with Crippen molar-refractivity contribution in [3.8, 4) is 5.88 Å². The van der Waals surface area contributed by atoms with Crippen LogP contribution in [0.2, 0.25) is 0 Å². The molecule has 4 rings (SSSR count). The Morgan fingerprint density at radius 1 is 1.15 bits per heavy atom. The molecule has 0 N–H and O–H groups in total. The number of aromatic nitrogens is 5. The molecule has 7 heteroatoms. The molecule has 20 heavy (non-hydrogen) atoms. The lowest BCUT2D eigenvalue weighted by Crippen LogP contribution is -2.09. The SMILES string of the molecule is Cc1nn(Oc2ncnc3sccc23)c2ncccc12. The summed E-state index contributed by atoms with van der Waals surface area (Å²) in [4.78, 5) is 20.7. The van der Waals surface area contributed by atoms with E-state index in [-0.39, 0.29) is 0 Å². The van der Waals surface area contributed by atoms with Gasteiger partial charge in [-0.1, -0.05) is 4.85 Å². The quantitative estimate of drug-likeness (QED) is 0.565. The molecule has 4 heterocycles. The van der Waals surface area contributed by atoms with Crippen LogP contribution in [0.3, 0.4) is 0 Å². The zero-order valence-electron chi connectivity index (χ0n) is 10.5. The van der Waals surface area contributed by atoms with Gasteiger partial charge in [0.25, 0.3) is 5.88 Å². The molecule has 0 unspecified atom stereocenters. The fourth-order valence-electron chi connectivity index (χ4n) is 2.05. The monoisotopic (exact) mass is 283 g/mol. The minimum atomic E-state index is 0.478. The number of pyridine rings is 1. The number of fused-ring (bicyclic) bond motifs is 2. The van der Waals surface area contributed by atoms with Gasteiger partial charge in [-0.2, -0.15) is 4.98 Å². The lowest BCUT2D eigenvalue weighted by atomic mass is 10.3. The summed E-state index contributed by atoms with van der Waals surface area (Å²) in [7, 11) is 0.